The standard InChI is InChI=1S/C14H12O/c1-9-6-7-11-8-10-4-2-3-5-12(10)13(11)14(9)15/h2-7,15H,8H2,1H3. The van der Waals surface area contributed by atoms with E-state index in [1.807, 2.05) is 19.1 Å². The lowest BCUT2D eigenvalue weighted by Gasteiger charge is -2.06. The minimum Gasteiger partial charge on any atom is -0.507 e. The van der Waals surface area contributed by atoms with Gasteiger partial charge in [0.2, 0.25) is 0 Å². The van der Waals surface area contributed by atoms with Crippen molar-refractivity contribution in [3.8, 4) is 16.9 Å². The van der Waals surface area contributed by atoms with Gasteiger partial charge in [-0.2, -0.15) is 0 Å². The number of aromatic hydroxyl groups is 1. The molecule has 3 rings (SSSR count). The highest BCUT2D eigenvalue weighted by Gasteiger charge is 2.21. The quantitative estimate of drug-likeness (QED) is 0.585. The molecule has 0 radical (unpaired) electrons. The van der Waals surface area contributed by atoms with Gasteiger partial charge in [-0.25, -0.2) is 0 Å². The second kappa shape index (κ2) is 2.86. The van der Waals surface area contributed by atoms with Crippen LogP contribution in [0.4, 0.5) is 0 Å². The summed E-state index contributed by atoms with van der Waals surface area (Å²) in [5.74, 6) is 0.442. The van der Waals surface area contributed by atoms with Crippen molar-refractivity contribution in [3.63, 3.8) is 0 Å². The molecule has 1 N–H and O–H groups in total. The molecule has 74 valence electrons. The summed E-state index contributed by atoms with van der Waals surface area (Å²) in [4.78, 5) is 0. The van der Waals surface area contributed by atoms with Crippen molar-refractivity contribution >= 4 is 0 Å². The lowest BCUT2D eigenvalue weighted by Crippen LogP contribution is -1.83. The number of aryl methyl sites for hydroxylation is 1. The van der Waals surface area contributed by atoms with Gasteiger partial charge in [-0.3, -0.25) is 0 Å². The molecule has 1 aliphatic rings. The Labute approximate surface area is 89.0 Å². The molecule has 2 aromatic carbocycles. The number of benzene rings is 2. The molecule has 0 fully saturated rings. The first-order valence-electron chi connectivity index (χ1n) is 5.17. The second-order valence-electron chi connectivity index (χ2n) is 4.10. The van der Waals surface area contributed by atoms with Crippen LogP contribution in [0, 0.1) is 6.92 Å². The SMILES string of the molecule is Cc1ccc2c(c1O)-c1ccccc1C2. The van der Waals surface area contributed by atoms with E-state index in [0.29, 0.717) is 5.75 Å². The average Bonchev–Trinajstić information content (AvgIpc) is 2.62. The van der Waals surface area contributed by atoms with Gasteiger partial charge in [-0.05, 0) is 35.6 Å². The van der Waals surface area contributed by atoms with E-state index < -0.39 is 0 Å². The van der Waals surface area contributed by atoms with Crippen molar-refractivity contribution in [2.75, 3.05) is 0 Å². The van der Waals surface area contributed by atoms with Crippen LogP contribution in [0.5, 0.6) is 5.75 Å². The third-order valence-electron chi connectivity index (χ3n) is 3.13. The highest BCUT2D eigenvalue weighted by atomic mass is 16.3. The topological polar surface area (TPSA) is 20.2 Å². The lowest BCUT2D eigenvalue weighted by molar-refractivity contribution is 0.473. The number of rotatable bonds is 0. The van der Waals surface area contributed by atoms with E-state index in [9.17, 15) is 5.11 Å². The van der Waals surface area contributed by atoms with Crippen molar-refractivity contribution < 1.29 is 5.11 Å². The summed E-state index contributed by atoms with van der Waals surface area (Å²) in [6, 6.07) is 12.4. The van der Waals surface area contributed by atoms with E-state index in [-0.39, 0.29) is 0 Å². The molecule has 0 aromatic heterocycles. The zero-order valence-corrected chi connectivity index (χ0v) is 8.62. The zero-order chi connectivity index (χ0) is 10.4. The molecule has 0 saturated heterocycles. The summed E-state index contributed by atoms with van der Waals surface area (Å²) < 4.78 is 0. The highest BCUT2D eigenvalue weighted by Crippen LogP contribution is 2.43. The Balaban J connectivity index is 2.36. The van der Waals surface area contributed by atoms with Crippen LogP contribution in [0.25, 0.3) is 11.1 Å². The number of hydrogen-bond donors (Lipinski definition) is 1. The van der Waals surface area contributed by atoms with Crippen LogP contribution in [0.15, 0.2) is 36.4 Å². The Morgan fingerprint density at radius 2 is 1.80 bits per heavy atom. The van der Waals surface area contributed by atoms with Crippen LogP contribution in [0.2, 0.25) is 0 Å². The molecule has 1 heteroatoms. The Kier molecular flexibility index (Phi) is 1.63. The Morgan fingerprint density at radius 3 is 2.67 bits per heavy atom. The highest BCUT2D eigenvalue weighted by molar-refractivity contribution is 5.82. The fraction of sp³-hybridized carbons (Fsp3) is 0.143. The zero-order valence-electron chi connectivity index (χ0n) is 8.62. The van der Waals surface area contributed by atoms with Gasteiger partial charge in [0.15, 0.2) is 0 Å². The maximum absolute atomic E-state index is 10.1. The van der Waals surface area contributed by atoms with Crippen molar-refractivity contribution in [3.05, 3.63) is 53.1 Å². The second-order valence-corrected chi connectivity index (χ2v) is 4.10. The van der Waals surface area contributed by atoms with Crippen LogP contribution in [0.1, 0.15) is 16.7 Å². The molecule has 2 aromatic rings. The fourth-order valence-corrected chi connectivity index (χ4v) is 2.31. The summed E-state index contributed by atoms with van der Waals surface area (Å²) in [6.45, 7) is 1.94. The Morgan fingerprint density at radius 1 is 1.00 bits per heavy atom. The molecule has 0 atom stereocenters. The van der Waals surface area contributed by atoms with Gasteiger partial charge < -0.3 is 5.11 Å². The first kappa shape index (κ1) is 8.54. The molecule has 0 saturated carbocycles. The monoisotopic (exact) mass is 196 g/mol. The third-order valence-corrected chi connectivity index (χ3v) is 3.13. The minimum atomic E-state index is 0.442. The molecule has 0 heterocycles. The van der Waals surface area contributed by atoms with Gasteiger partial charge in [0.25, 0.3) is 0 Å². The molecule has 0 unspecified atom stereocenters. The predicted octanol–water partition coefficient (Wildman–Crippen LogP) is 3.27. The summed E-state index contributed by atoms with van der Waals surface area (Å²) in [5.41, 5.74) is 5.72. The Bertz CT molecular complexity index is 541. The van der Waals surface area contributed by atoms with Gasteiger partial charge in [-0.15, -0.1) is 0 Å². The van der Waals surface area contributed by atoms with Gasteiger partial charge in [0.1, 0.15) is 5.75 Å². The molecule has 15 heavy (non-hydrogen) atoms. The van der Waals surface area contributed by atoms with Gasteiger partial charge in [-0.1, -0.05) is 36.4 Å². The third kappa shape index (κ3) is 1.09. The lowest BCUT2D eigenvalue weighted by atomic mass is 10.0. The van der Waals surface area contributed by atoms with Crippen LogP contribution in [-0.2, 0) is 6.42 Å². The molecular formula is C14H12O. The summed E-state index contributed by atoms with van der Waals surface area (Å²) in [5, 5.41) is 10.1. The van der Waals surface area contributed by atoms with Crippen molar-refractivity contribution in [2.45, 2.75) is 13.3 Å². The van der Waals surface area contributed by atoms with E-state index >= 15 is 0 Å². The maximum Gasteiger partial charge on any atom is 0.126 e. The van der Waals surface area contributed by atoms with Crippen molar-refractivity contribution in [1.82, 2.24) is 0 Å². The van der Waals surface area contributed by atoms with E-state index in [2.05, 4.69) is 24.3 Å². The minimum absolute atomic E-state index is 0.442. The van der Waals surface area contributed by atoms with E-state index in [1.54, 1.807) is 0 Å². The van der Waals surface area contributed by atoms with Crippen LogP contribution >= 0.6 is 0 Å². The van der Waals surface area contributed by atoms with Crippen LogP contribution in [0.3, 0.4) is 0 Å². The summed E-state index contributed by atoms with van der Waals surface area (Å²) in [7, 11) is 0. The summed E-state index contributed by atoms with van der Waals surface area (Å²) >= 11 is 0. The van der Waals surface area contributed by atoms with Gasteiger partial charge in [0, 0.05) is 5.56 Å². The summed E-state index contributed by atoms with van der Waals surface area (Å²) in [6.07, 6.45) is 0.944. The first-order valence-corrected chi connectivity index (χ1v) is 5.17. The van der Waals surface area contributed by atoms with E-state index in [1.165, 1.54) is 16.7 Å². The number of hydrogen-bond acceptors (Lipinski definition) is 1. The van der Waals surface area contributed by atoms with Crippen molar-refractivity contribution in [1.29, 1.82) is 0 Å². The smallest absolute Gasteiger partial charge is 0.126 e. The first-order chi connectivity index (χ1) is 7.27. The maximum atomic E-state index is 10.1. The molecule has 0 bridgehead atoms. The average molecular weight is 196 g/mol. The normalized spacial score (nSPS) is 12.3. The molecular weight excluding hydrogens is 184 g/mol. The molecule has 1 nitrogen and oxygen atoms in total. The number of phenolic OH excluding ortho intramolecular Hbond substituents is 1. The molecule has 1 aliphatic carbocycles. The van der Waals surface area contributed by atoms with Crippen molar-refractivity contribution in [2.24, 2.45) is 0 Å². The molecule has 0 amide bonds. The van der Waals surface area contributed by atoms with Crippen LogP contribution < -0.4 is 0 Å². The van der Waals surface area contributed by atoms with E-state index in [0.717, 1.165) is 17.5 Å². The Hall–Kier alpha value is -1.76. The fourth-order valence-electron chi connectivity index (χ4n) is 2.31. The number of fused-ring (bicyclic) bond motifs is 3. The van der Waals surface area contributed by atoms with Crippen LogP contribution in [-0.4, -0.2) is 5.11 Å². The molecule has 0 spiro atoms. The van der Waals surface area contributed by atoms with E-state index in [4.69, 9.17) is 0 Å². The predicted molar refractivity (Wildman–Crippen MR) is 61.1 cm³/mol. The van der Waals surface area contributed by atoms with Gasteiger partial charge in [0.05, 0.1) is 0 Å². The largest absolute Gasteiger partial charge is 0.507 e. The number of phenols is 1. The van der Waals surface area contributed by atoms with Gasteiger partial charge >= 0.3 is 0 Å². The molecule has 0 aliphatic heterocycles.